The second-order valence-electron chi connectivity index (χ2n) is 9.44. The second-order valence-corrected chi connectivity index (χ2v) is 9.44. The van der Waals surface area contributed by atoms with Crippen LogP contribution in [0.1, 0.15) is 52.9 Å². The van der Waals surface area contributed by atoms with Gasteiger partial charge in [0.25, 0.3) is 0 Å². The zero-order valence-electron chi connectivity index (χ0n) is 16.6. The summed E-state index contributed by atoms with van der Waals surface area (Å²) in [6, 6.07) is 0. The number of ether oxygens (including phenoxy) is 4. The number of hydrogen-bond acceptors (Lipinski definition) is 5. The van der Waals surface area contributed by atoms with E-state index >= 15 is 0 Å². The highest BCUT2D eigenvalue weighted by molar-refractivity contribution is 5.28. The van der Waals surface area contributed by atoms with Gasteiger partial charge in [0.1, 0.15) is 6.61 Å². The van der Waals surface area contributed by atoms with Crippen LogP contribution in [0.15, 0.2) is 11.3 Å². The number of allylic oxidation sites excluding steroid dienone is 1. The molecule has 2 fully saturated rings. The fraction of sp³-hybridized carbons (Fsp3) is 0.905. The van der Waals surface area contributed by atoms with E-state index in [1.807, 2.05) is 7.11 Å². The maximum absolute atomic E-state index is 10.3. The van der Waals surface area contributed by atoms with Gasteiger partial charge in [-0.2, -0.15) is 0 Å². The molecule has 0 radical (unpaired) electrons. The molecular formula is C21H34O5. The van der Waals surface area contributed by atoms with Crippen LogP contribution in [0.2, 0.25) is 0 Å². The van der Waals surface area contributed by atoms with Gasteiger partial charge in [0.2, 0.25) is 0 Å². The molecule has 5 heteroatoms. The van der Waals surface area contributed by atoms with E-state index in [2.05, 4.69) is 20.8 Å². The van der Waals surface area contributed by atoms with E-state index < -0.39 is 6.10 Å². The van der Waals surface area contributed by atoms with Crippen molar-refractivity contribution in [1.82, 2.24) is 0 Å². The molecule has 4 rings (SSSR count). The number of hydrogen-bond donors (Lipinski definition) is 1. The Kier molecular flexibility index (Phi) is 4.87. The molecule has 5 atom stereocenters. The Morgan fingerprint density at radius 2 is 2.00 bits per heavy atom. The summed E-state index contributed by atoms with van der Waals surface area (Å²) in [6.07, 6.45) is 4.51. The van der Waals surface area contributed by atoms with Crippen molar-refractivity contribution < 1.29 is 24.1 Å². The van der Waals surface area contributed by atoms with Gasteiger partial charge in [-0.25, -0.2) is 0 Å². The van der Waals surface area contributed by atoms with Crippen LogP contribution in [-0.2, 0) is 18.9 Å². The quantitative estimate of drug-likeness (QED) is 0.828. The number of aliphatic hydroxyl groups excluding tert-OH is 1. The fourth-order valence-electron chi connectivity index (χ4n) is 5.94. The van der Waals surface area contributed by atoms with E-state index in [1.165, 1.54) is 12.0 Å². The van der Waals surface area contributed by atoms with E-state index in [4.69, 9.17) is 18.9 Å². The smallest absolute Gasteiger partial charge is 0.158 e. The molecule has 4 aliphatic rings. The van der Waals surface area contributed by atoms with Crippen LogP contribution in [-0.4, -0.2) is 50.0 Å². The third kappa shape index (κ3) is 3.11. The molecule has 1 saturated heterocycles. The summed E-state index contributed by atoms with van der Waals surface area (Å²) in [7, 11) is 1.81. The molecule has 0 spiro atoms. The highest BCUT2D eigenvalue weighted by Crippen LogP contribution is 2.61. The van der Waals surface area contributed by atoms with Crippen LogP contribution in [0.25, 0.3) is 0 Å². The lowest BCUT2D eigenvalue weighted by molar-refractivity contribution is -0.119. The van der Waals surface area contributed by atoms with Crippen LogP contribution in [0.5, 0.6) is 0 Å². The Balaban J connectivity index is 1.70. The largest absolute Gasteiger partial charge is 0.495 e. The van der Waals surface area contributed by atoms with Gasteiger partial charge in [-0.3, -0.25) is 0 Å². The van der Waals surface area contributed by atoms with Gasteiger partial charge in [-0.15, -0.1) is 0 Å². The summed E-state index contributed by atoms with van der Waals surface area (Å²) < 4.78 is 23.6. The molecule has 0 amide bonds. The zero-order chi connectivity index (χ0) is 18.5. The van der Waals surface area contributed by atoms with Crippen LogP contribution in [0, 0.1) is 23.2 Å². The Bertz CT molecular complexity index is 565. The maximum Gasteiger partial charge on any atom is 0.158 e. The summed E-state index contributed by atoms with van der Waals surface area (Å²) in [5.74, 6) is 2.33. The Morgan fingerprint density at radius 1 is 1.27 bits per heavy atom. The molecule has 1 unspecified atom stereocenters. The van der Waals surface area contributed by atoms with Gasteiger partial charge < -0.3 is 24.1 Å². The van der Waals surface area contributed by atoms with Crippen LogP contribution >= 0.6 is 0 Å². The van der Waals surface area contributed by atoms with Crippen molar-refractivity contribution in [2.75, 3.05) is 26.9 Å². The molecular weight excluding hydrogens is 332 g/mol. The Hall–Kier alpha value is -0.620. The van der Waals surface area contributed by atoms with Crippen molar-refractivity contribution in [3.05, 3.63) is 11.3 Å². The standard InChI is InChI=1S/C21H34O5/c1-20(2,23-4)16-5-6-21(3)11-15(16)19-14(9-13(22)12-26-19)17(21)10-18-24-7-8-25-18/h13,15-18,22H,5-12H2,1-4H3/t13?,15-,16+,17-,21-/m0/s1. The monoisotopic (exact) mass is 366 g/mol. The van der Waals surface area contributed by atoms with Crippen LogP contribution in [0.3, 0.4) is 0 Å². The molecule has 0 aromatic carbocycles. The van der Waals surface area contributed by atoms with Gasteiger partial charge in [0.05, 0.1) is 30.7 Å². The lowest BCUT2D eigenvalue weighted by atomic mass is 9.51. The summed E-state index contributed by atoms with van der Waals surface area (Å²) in [5.41, 5.74) is 1.35. The third-order valence-corrected chi connectivity index (χ3v) is 7.54. The highest BCUT2D eigenvalue weighted by Gasteiger charge is 2.55. The second kappa shape index (κ2) is 6.77. The molecule has 148 valence electrons. The number of fused-ring (bicyclic) bond motifs is 3. The molecule has 2 bridgehead atoms. The highest BCUT2D eigenvalue weighted by atomic mass is 16.7. The van der Waals surface area contributed by atoms with E-state index in [0.29, 0.717) is 37.6 Å². The average Bonchev–Trinajstić information content (AvgIpc) is 3.11. The maximum atomic E-state index is 10.3. The van der Waals surface area contributed by atoms with E-state index in [-0.39, 0.29) is 17.3 Å². The van der Waals surface area contributed by atoms with Crippen molar-refractivity contribution >= 4 is 0 Å². The lowest BCUT2D eigenvalue weighted by Gasteiger charge is -2.56. The number of rotatable bonds is 4. The average molecular weight is 366 g/mol. The zero-order valence-corrected chi connectivity index (χ0v) is 16.6. The fourth-order valence-corrected chi connectivity index (χ4v) is 5.94. The summed E-state index contributed by atoms with van der Waals surface area (Å²) >= 11 is 0. The first-order valence-electron chi connectivity index (χ1n) is 10.2. The first-order valence-corrected chi connectivity index (χ1v) is 10.2. The van der Waals surface area contributed by atoms with E-state index in [0.717, 1.165) is 31.4 Å². The van der Waals surface area contributed by atoms with Gasteiger partial charge in [0.15, 0.2) is 6.29 Å². The summed E-state index contributed by atoms with van der Waals surface area (Å²) in [5, 5.41) is 10.3. The van der Waals surface area contributed by atoms with Crippen LogP contribution < -0.4 is 0 Å². The molecule has 0 aromatic heterocycles. The minimum atomic E-state index is -0.405. The molecule has 26 heavy (non-hydrogen) atoms. The molecule has 1 saturated carbocycles. The van der Waals surface area contributed by atoms with Crippen molar-refractivity contribution in [2.45, 2.75) is 70.9 Å². The molecule has 2 aliphatic heterocycles. The Morgan fingerprint density at radius 3 is 2.69 bits per heavy atom. The van der Waals surface area contributed by atoms with Crippen LogP contribution in [0.4, 0.5) is 0 Å². The topological polar surface area (TPSA) is 57.2 Å². The van der Waals surface area contributed by atoms with Crippen molar-refractivity contribution in [3.63, 3.8) is 0 Å². The van der Waals surface area contributed by atoms with Gasteiger partial charge in [0, 0.05) is 25.9 Å². The number of methoxy groups -OCH3 is 1. The van der Waals surface area contributed by atoms with Gasteiger partial charge in [-0.1, -0.05) is 6.92 Å². The molecule has 5 nitrogen and oxygen atoms in total. The normalized spacial score (nSPS) is 41.1. The lowest BCUT2D eigenvalue weighted by Crippen LogP contribution is -2.52. The molecule has 2 heterocycles. The first-order chi connectivity index (χ1) is 12.3. The van der Waals surface area contributed by atoms with E-state index in [9.17, 15) is 5.11 Å². The SMILES string of the molecule is COC(C)(C)[C@@H]1CC[C@@]2(C)C[C@@H]1C1=C(CC(O)CO1)[C@@H]2CC1OCCO1. The van der Waals surface area contributed by atoms with Gasteiger partial charge >= 0.3 is 0 Å². The molecule has 0 aromatic rings. The minimum absolute atomic E-state index is 0.116. The minimum Gasteiger partial charge on any atom is -0.495 e. The molecule has 1 N–H and O–H groups in total. The van der Waals surface area contributed by atoms with Gasteiger partial charge in [-0.05, 0) is 55.9 Å². The predicted octanol–water partition coefficient (Wildman–Crippen LogP) is 3.26. The molecule has 2 aliphatic carbocycles. The first kappa shape index (κ1) is 18.7. The summed E-state index contributed by atoms with van der Waals surface area (Å²) in [6.45, 7) is 8.60. The van der Waals surface area contributed by atoms with Crippen molar-refractivity contribution in [1.29, 1.82) is 0 Å². The Labute approximate surface area is 157 Å². The summed E-state index contributed by atoms with van der Waals surface area (Å²) in [4.78, 5) is 0. The number of aliphatic hydroxyl groups is 1. The van der Waals surface area contributed by atoms with E-state index in [1.54, 1.807) is 0 Å². The van der Waals surface area contributed by atoms with Crippen molar-refractivity contribution in [2.24, 2.45) is 23.2 Å². The third-order valence-electron chi connectivity index (χ3n) is 7.54. The van der Waals surface area contributed by atoms with Crippen molar-refractivity contribution in [3.8, 4) is 0 Å². The predicted molar refractivity (Wildman–Crippen MR) is 97.4 cm³/mol.